The lowest BCUT2D eigenvalue weighted by Crippen LogP contribution is -2.43. The van der Waals surface area contributed by atoms with Crippen LogP contribution in [-0.2, 0) is 9.53 Å². The molecule has 1 saturated carbocycles. The van der Waals surface area contributed by atoms with Gasteiger partial charge in [0.05, 0.1) is 6.61 Å². The van der Waals surface area contributed by atoms with Crippen molar-refractivity contribution in [2.24, 2.45) is 5.92 Å². The first-order valence-corrected chi connectivity index (χ1v) is 9.65. The van der Waals surface area contributed by atoms with Crippen molar-refractivity contribution in [3.63, 3.8) is 0 Å². The third kappa shape index (κ3) is 3.85. The summed E-state index contributed by atoms with van der Waals surface area (Å²) in [6.45, 7) is 7.43. The quantitative estimate of drug-likeness (QED) is 0.746. The van der Waals surface area contributed by atoms with Gasteiger partial charge in [-0.05, 0) is 50.7 Å². The number of hydrogen-bond donors (Lipinski definition) is 1. The minimum atomic E-state index is -0.678. The van der Waals surface area contributed by atoms with Crippen molar-refractivity contribution in [3.05, 3.63) is 36.4 Å². The fourth-order valence-electron chi connectivity index (χ4n) is 3.66. The molecule has 140 valence electrons. The molecule has 0 aliphatic heterocycles. The summed E-state index contributed by atoms with van der Waals surface area (Å²) in [7, 11) is 0. The molecule has 0 atom stereocenters. The van der Waals surface area contributed by atoms with E-state index >= 15 is 0 Å². The van der Waals surface area contributed by atoms with E-state index in [1.54, 1.807) is 0 Å². The van der Waals surface area contributed by atoms with Gasteiger partial charge in [-0.15, -0.1) is 0 Å². The molecule has 4 heteroatoms. The monoisotopic (exact) mass is 355 g/mol. The summed E-state index contributed by atoms with van der Waals surface area (Å²) < 4.78 is 11.8. The van der Waals surface area contributed by atoms with Gasteiger partial charge in [0.15, 0.2) is 0 Å². The average molecular weight is 355 g/mol. The topological polar surface area (TPSA) is 47.6 Å². The number of hydrogen-bond acceptors (Lipinski definition) is 3. The molecule has 1 N–H and O–H groups in total. The predicted octanol–water partition coefficient (Wildman–Crippen LogP) is 5.16. The maximum absolute atomic E-state index is 13.0. The van der Waals surface area contributed by atoms with Gasteiger partial charge in [0, 0.05) is 23.1 Å². The summed E-state index contributed by atoms with van der Waals surface area (Å²) in [5, 5.41) is 5.13. The molecule has 0 unspecified atom stereocenters. The second kappa shape index (κ2) is 8.09. The molecule has 0 heterocycles. The van der Waals surface area contributed by atoms with E-state index in [0.29, 0.717) is 19.1 Å². The van der Waals surface area contributed by atoms with E-state index in [1.165, 1.54) is 0 Å². The van der Waals surface area contributed by atoms with Crippen molar-refractivity contribution in [1.82, 2.24) is 0 Å². The molecule has 0 bridgehead atoms. The van der Waals surface area contributed by atoms with E-state index in [2.05, 4.69) is 19.2 Å². The molecule has 26 heavy (non-hydrogen) atoms. The van der Waals surface area contributed by atoms with Gasteiger partial charge in [0.25, 0.3) is 5.91 Å². The van der Waals surface area contributed by atoms with Gasteiger partial charge in [0.2, 0.25) is 0 Å². The molecule has 0 radical (unpaired) electrons. The van der Waals surface area contributed by atoms with Crippen LogP contribution in [-0.4, -0.2) is 24.7 Å². The summed E-state index contributed by atoms with van der Waals surface area (Å²) in [4.78, 5) is 13.0. The number of benzene rings is 2. The van der Waals surface area contributed by atoms with Crippen LogP contribution in [0.5, 0.6) is 5.75 Å². The summed E-state index contributed by atoms with van der Waals surface area (Å²) in [6, 6.07) is 11.9. The third-order valence-electron chi connectivity index (χ3n) is 4.95. The standard InChI is InChI=1S/C22H29NO3/c1-4-26-22(13-7-8-14-22)21(24)23-19-11-12-20(25-15-16(2)3)18-10-6-5-9-17(18)19/h5-6,9-12,16H,4,7-8,13-15H2,1-3H3,(H,23,24). The molecule has 2 aromatic rings. The summed E-state index contributed by atoms with van der Waals surface area (Å²) in [6.07, 6.45) is 3.66. The number of carbonyl (C=O) groups excluding carboxylic acids is 1. The highest BCUT2D eigenvalue weighted by atomic mass is 16.5. The van der Waals surface area contributed by atoms with Gasteiger partial charge in [-0.3, -0.25) is 4.79 Å². The van der Waals surface area contributed by atoms with E-state index in [0.717, 1.165) is 47.9 Å². The van der Waals surface area contributed by atoms with E-state index < -0.39 is 5.60 Å². The van der Waals surface area contributed by atoms with Crippen LogP contribution in [0.25, 0.3) is 10.8 Å². The minimum Gasteiger partial charge on any atom is -0.493 e. The van der Waals surface area contributed by atoms with Crippen molar-refractivity contribution < 1.29 is 14.3 Å². The lowest BCUT2D eigenvalue weighted by atomic mass is 10.00. The SMILES string of the molecule is CCOC1(C(=O)Nc2ccc(OCC(C)C)c3ccccc23)CCCC1. The van der Waals surface area contributed by atoms with E-state index in [-0.39, 0.29) is 5.91 Å². The minimum absolute atomic E-state index is 0.0298. The zero-order valence-corrected chi connectivity index (χ0v) is 16.0. The number of rotatable bonds is 7. The molecule has 4 nitrogen and oxygen atoms in total. The van der Waals surface area contributed by atoms with E-state index in [9.17, 15) is 4.79 Å². The summed E-state index contributed by atoms with van der Waals surface area (Å²) in [5.74, 6) is 1.28. The Morgan fingerprint density at radius 3 is 2.46 bits per heavy atom. The second-order valence-electron chi connectivity index (χ2n) is 7.45. The zero-order chi connectivity index (χ0) is 18.6. The first-order valence-electron chi connectivity index (χ1n) is 9.65. The zero-order valence-electron chi connectivity index (χ0n) is 16.0. The maximum atomic E-state index is 13.0. The molecule has 1 fully saturated rings. The van der Waals surface area contributed by atoms with Crippen molar-refractivity contribution in [1.29, 1.82) is 0 Å². The van der Waals surface area contributed by atoms with Crippen LogP contribution in [0, 0.1) is 5.92 Å². The Balaban J connectivity index is 1.88. The van der Waals surface area contributed by atoms with Crippen molar-refractivity contribution in [2.45, 2.75) is 52.1 Å². The van der Waals surface area contributed by atoms with E-state index in [4.69, 9.17) is 9.47 Å². The molecule has 0 saturated heterocycles. The molecular weight excluding hydrogens is 326 g/mol. The van der Waals surface area contributed by atoms with Crippen LogP contribution in [0.4, 0.5) is 5.69 Å². The van der Waals surface area contributed by atoms with Crippen LogP contribution in [0.15, 0.2) is 36.4 Å². The maximum Gasteiger partial charge on any atom is 0.256 e. The fourth-order valence-corrected chi connectivity index (χ4v) is 3.66. The number of nitrogens with one attached hydrogen (secondary N) is 1. The number of fused-ring (bicyclic) bond motifs is 1. The van der Waals surface area contributed by atoms with Crippen LogP contribution in [0.2, 0.25) is 0 Å². The Morgan fingerprint density at radius 2 is 1.81 bits per heavy atom. The Labute approximate surface area is 155 Å². The van der Waals surface area contributed by atoms with Crippen LogP contribution < -0.4 is 10.1 Å². The van der Waals surface area contributed by atoms with Crippen molar-refractivity contribution >= 4 is 22.4 Å². The predicted molar refractivity (Wildman–Crippen MR) is 106 cm³/mol. The normalized spacial score (nSPS) is 16.2. The van der Waals surface area contributed by atoms with Crippen molar-refractivity contribution in [3.8, 4) is 5.75 Å². The highest BCUT2D eigenvalue weighted by molar-refractivity contribution is 6.06. The number of carbonyl (C=O) groups is 1. The lowest BCUT2D eigenvalue weighted by Gasteiger charge is -2.28. The Bertz CT molecular complexity index is 763. The first-order chi connectivity index (χ1) is 12.6. The molecule has 1 aliphatic carbocycles. The summed E-state index contributed by atoms with van der Waals surface area (Å²) >= 11 is 0. The van der Waals surface area contributed by atoms with Gasteiger partial charge in [-0.25, -0.2) is 0 Å². The fraction of sp³-hybridized carbons (Fsp3) is 0.500. The first kappa shape index (κ1) is 18.7. The molecular formula is C22H29NO3. The number of amides is 1. The van der Waals surface area contributed by atoms with Crippen LogP contribution in [0.1, 0.15) is 46.5 Å². The van der Waals surface area contributed by atoms with Gasteiger partial charge >= 0.3 is 0 Å². The lowest BCUT2D eigenvalue weighted by molar-refractivity contribution is -0.140. The molecule has 1 aliphatic rings. The molecule has 0 aromatic heterocycles. The number of anilines is 1. The highest BCUT2D eigenvalue weighted by Gasteiger charge is 2.42. The highest BCUT2D eigenvalue weighted by Crippen LogP contribution is 2.36. The smallest absolute Gasteiger partial charge is 0.256 e. The largest absolute Gasteiger partial charge is 0.493 e. The van der Waals surface area contributed by atoms with Crippen LogP contribution >= 0.6 is 0 Å². The average Bonchev–Trinajstić information content (AvgIpc) is 3.11. The second-order valence-corrected chi connectivity index (χ2v) is 7.45. The Morgan fingerprint density at radius 1 is 1.12 bits per heavy atom. The molecule has 3 rings (SSSR count). The Kier molecular flexibility index (Phi) is 5.82. The van der Waals surface area contributed by atoms with Gasteiger partial charge in [-0.1, -0.05) is 38.1 Å². The van der Waals surface area contributed by atoms with Crippen LogP contribution in [0.3, 0.4) is 0 Å². The molecule has 1 amide bonds. The summed E-state index contributed by atoms with van der Waals surface area (Å²) in [5.41, 5.74) is 0.135. The van der Waals surface area contributed by atoms with Gasteiger partial charge in [-0.2, -0.15) is 0 Å². The Hall–Kier alpha value is -2.07. The van der Waals surface area contributed by atoms with E-state index in [1.807, 2.05) is 43.3 Å². The van der Waals surface area contributed by atoms with Gasteiger partial charge in [0.1, 0.15) is 11.4 Å². The third-order valence-corrected chi connectivity index (χ3v) is 4.95. The van der Waals surface area contributed by atoms with Crippen molar-refractivity contribution in [2.75, 3.05) is 18.5 Å². The molecule has 0 spiro atoms. The number of ether oxygens (including phenoxy) is 2. The van der Waals surface area contributed by atoms with Gasteiger partial charge < -0.3 is 14.8 Å². The molecule has 2 aromatic carbocycles.